The van der Waals surface area contributed by atoms with Crippen LogP contribution in [-0.2, 0) is 11.8 Å². The van der Waals surface area contributed by atoms with Crippen LogP contribution in [0.25, 0.3) is 44.6 Å². The first-order valence-corrected chi connectivity index (χ1v) is 10.8. The molecule has 32 heavy (non-hydrogen) atoms. The molecule has 1 atom stereocenters. The van der Waals surface area contributed by atoms with Crippen molar-refractivity contribution >= 4 is 27.8 Å². The minimum Gasteiger partial charge on any atom is -0.377 e. The van der Waals surface area contributed by atoms with Gasteiger partial charge in [-0.1, -0.05) is 6.07 Å². The van der Waals surface area contributed by atoms with Gasteiger partial charge in [0.15, 0.2) is 5.82 Å². The molecule has 4 aromatic heterocycles. The normalized spacial score (nSPS) is 16.8. The Labute approximate surface area is 184 Å². The number of nitrogens with one attached hydrogen (secondary N) is 1. The van der Waals surface area contributed by atoms with Gasteiger partial charge < -0.3 is 14.6 Å². The van der Waals surface area contributed by atoms with E-state index in [2.05, 4.69) is 51.2 Å². The van der Waals surface area contributed by atoms with E-state index in [0.717, 1.165) is 51.1 Å². The van der Waals surface area contributed by atoms with Crippen molar-refractivity contribution in [3.63, 3.8) is 0 Å². The molecule has 8 nitrogen and oxygen atoms in total. The summed E-state index contributed by atoms with van der Waals surface area (Å²) in [6, 6.07) is 12.7. The Bertz CT molecular complexity index is 1440. The van der Waals surface area contributed by atoms with Crippen molar-refractivity contribution in [2.75, 3.05) is 24.7 Å². The molecule has 1 saturated heterocycles. The molecule has 0 spiro atoms. The van der Waals surface area contributed by atoms with Gasteiger partial charge >= 0.3 is 0 Å². The third-order valence-corrected chi connectivity index (χ3v) is 6.09. The second-order valence-electron chi connectivity index (χ2n) is 8.20. The number of rotatable bonds is 3. The summed E-state index contributed by atoms with van der Waals surface area (Å²) in [6.45, 7) is 4.32. The van der Waals surface area contributed by atoms with E-state index in [-0.39, 0.29) is 6.04 Å². The molecule has 1 N–H and O–H groups in total. The van der Waals surface area contributed by atoms with Crippen LogP contribution < -0.4 is 4.90 Å². The lowest BCUT2D eigenvalue weighted by Gasteiger charge is -2.35. The molecule has 1 fully saturated rings. The van der Waals surface area contributed by atoms with Crippen molar-refractivity contribution in [3.8, 4) is 22.6 Å². The van der Waals surface area contributed by atoms with E-state index in [1.54, 1.807) is 0 Å². The van der Waals surface area contributed by atoms with Crippen LogP contribution in [0.1, 0.15) is 6.92 Å². The number of nitrogens with zero attached hydrogens (tertiary/aromatic N) is 6. The quantitative estimate of drug-likeness (QED) is 0.473. The van der Waals surface area contributed by atoms with E-state index in [0.29, 0.717) is 19.0 Å². The summed E-state index contributed by atoms with van der Waals surface area (Å²) in [7, 11) is 1.95. The summed E-state index contributed by atoms with van der Waals surface area (Å²) in [4.78, 5) is 20.0. The van der Waals surface area contributed by atoms with Crippen LogP contribution in [0, 0.1) is 0 Å². The van der Waals surface area contributed by atoms with Gasteiger partial charge in [0.1, 0.15) is 11.5 Å². The number of hydrogen-bond acceptors (Lipinski definition) is 6. The number of aryl methyl sites for hydroxylation is 1. The third-order valence-electron chi connectivity index (χ3n) is 6.09. The zero-order chi connectivity index (χ0) is 21.7. The van der Waals surface area contributed by atoms with Gasteiger partial charge in [-0.2, -0.15) is 5.10 Å². The highest BCUT2D eigenvalue weighted by Gasteiger charge is 2.24. The predicted octanol–water partition coefficient (Wildman–Crippen LogP) is 3.80. The maximum Gasteiger partial charge on any atom is 0.163 e. The number of hydrogen-bond donors (Lipinski definition) is 1. The highest BCUT2D eigenvalue weighted by Crippen LogP contribution is 2.33. The first-order chi connectivity index (χ1) is 15.7. The monoisotopic (exact) mass is 425 g/mol. The van der Waals surface area contributed by atoms with Gasteiger partial charge in [-0.3, -0.25) is 4.68 Å². The number of fused-ring (bicyclic) bond motifs is 2. The molecule has 0 bridgehead atoms. The highest BCUT2D eigenvalue weighted by molar-refractivity contribution is 5.94. The topological polar surface area (TPSA) is 84.8 Å². The predicted molar refractivity (Wildman–Crippen MR) is 124 cm³/mol. The molecule has 0 aliphatic carbocycles. The Morgan fingerprint density at radius 1 is 1.09 bits per heavy atom. The van der Waals surface area contributed by atoms with Gasteiger partial charge in [-0.15, -0.1) is 0 Å². The summed E-state index contributed by atoms with van der Waals surface area (Å²) >= 11 is 0. The lowest BCUT2D eigenvalue weighted by molar-refractivity contribution is 0.0987. The number of ether oxygens (including phenoxy) is 1. The lowest BCUT2D eigenvalue weighted by Crippen LogP contribution is -2.44. The van der Waals surface area contributed by atoms with Gasteiger partial charge in [0, 0.05) is 54.1 Å². The smallest absolute Gasteiger partial charge is 0.163 e. The maximum atomic E-state index is 5.69. The highest BCUT2D eigenvalue weighted by atomic mass is 16.5. The van der Waals surface area contributed by atoms with Gasteiger partial charge in [0.05, 0.1) is 30.5 Å². The van der Waals surface area contributed by atoms with Crippen molar-refractivity contribution in [1.29, 1.82) is 0 Å². The van der Waals surface area contributed by atoms with Gasteiger partial charge in [-0.05, 0) is 37.3 Å². The Morgan fingerprint density at radius 2 is 2.03 bits per heavy atom. The summed E-state index contributed by atoms with van der Waals surface area (Å²) in [5.74, 6) is 1.61. The number of H-pyrrole nitrogens is 1. The largest absolute Gasteiger partial charge is 0.377 e. The average Bonchev–Trinajstić information content (AvgIpc) is 3.46. The summed E-state index contributed by atoms with van der Waals surface area (Å²) in [5, 5.41) is 6.39. The SMILES string of the molecule is C[C@@H]1COCCN1c1nc(-c2cnc3[nH]ccc3c2)nc2ccc(-c3ccnn3C)cc12. The molecule has 0 amide bonds. The Kier molecular flexibility index (Phi) is 4.39. The molecule has 0 saturated carbocycles. The molecule has 8 heteroatoms. The van der Waals surface area contributed by atoms with E-state index < -0.39 is 0 Å². The van der Waals surface area contributed by atoms with Crippen LogP contribution in [0.15, 0.2) is 55.0 Å². The van der Waals surface area contributed by atoms with Gasteiger partial charge in [0.2, 0.25) is 0 Å². The third kappa shape index (κ3) is 3.11. The zero-order valence-electron chi connectivity index (χ0n) is 18.0. The number of aromatic amines is 1. The maximum absolute atomic E-state index is 5.69. The second kappa shape index (κ2) is 7.42. The van der Waals surface area contributed by atoms with Crippen LogP contribution in [0.5, 0.6) is 0 Å². The molecule has 1 aliphatic heterocycles. The number of anilines is 1. The van der Waals surface area contributed by atoms with Crippen LogP contribution in [0.3, 0.4) is 0 Å². The van der Waals surface area contributed by atoms with Crippen LogP contribution in [0.4, 0.5) is 5.82 Å². The molecule has 0 unspecified atom stereocenters. The zero-order valence-corrected chi connectivity index (χ0v) is 18.0. The van der Waals surface area contributed by atoms with Crippen LogP contribution in [0.2, 0.25) is 0 Å². The fraction of sp³-hybridized carbons (Fsp3) is 0.250. The van der Waals surface area contributed by atoms with Crippen molar-refractivity contribution in [2.24, 2.45) is 7.05 Å². The summed E-state index contributed by atoms with van der Waals surface area (Å²) in [6.07, 6.45) is 5.54. The van der Waals surface area contributed by atoms with E-state index in [4.69, 9.17) is 14.7 Å². The van der Waals surface area contributed by atoms with Crippen molar-refractivity contribution in [3.05, 3.63) is 55.0 Å². The molecule has 5 heterocycles. The molecular formula is C24H23N7O. The van der Waals surface area contributed by atoms with E-state index in [9.17, 15) is 0 Å². The van der Waals surface area contributed by atoms with Crippen molar-refractivity contribution < 1.29 is 4.74 Å². The summed E-state index contributed by atoms with van der Waals surface area (Å²) < 4.78 is 7.57. The molecular weight excluding hydrogens is 402 g/mol. The number of aromatic nitrogens is 6. The number of benzene rings is 1. The minimum atomic E-state index is 0.223. The summed E-state index contributed by atoms with van der Waals surface area (Å²) in [5.41, 5.74) is 4.81. The second-order valence-corrected chi connectivity index (χ2v) is 8.20. The Hall–Kier alpha value is -3.78. The average molecular weight is 425 g/mol. The van der Waals surface area contributed by atoms with Crippen molar-refractivity contribution in [2.45, 2.75) is 13.0 Å². The van der Waals surface area contributed by atoms with Gasteiger partial charge in [0.25, 0.3) is 0 Å². The van der Waals surface area contributed by atoms with E-state index in [1.165, 1.54) is 0 Å². The Balaban J connectivity index is 1.56. The molecule has 160 valence electrons. The number of pyridine rings is 1. The fourth-order valence-electron chi connectivity index (χ4n) is 4.38. The van der Waals surface area contributed by atoms with E-state index >= 15 is 0 Å². The molecule has 5 aromatic rings. The van der Waals surface area contributed by atoms with E-state index in [1.807, 2.05) is 42.5 Å². The van der Waals surface area contributed by atoms with Crippen molar-refractivity contribution in [1.82, 2.24) is 29.7 Å². The molecule has 6 rings (SSSR count). The molecule has 1 aliphatic rings. The molecule has 0 radical (unpaired) electrons. The lowest BCUT2D eigenvalue weighted by atomic mass is 10.1. The Morgan fingerprint density at radius 3 is 2.88 bits per heavy atom. The van der Waals surface area contributed by atoms with Gasteiger partial charge in [-0.25, -0.2) is 15.0 Å². The minimum absolute atomic E-state index is 0.223. The number of morpholine rings is 1. The fourth-order valence-corrected chi connectivity index (χ4v) is 4.38. The van der Waals surface area contributed by atoms with Crippen LogP contribution >= 0.6 is 0 Å². The molecule has 1 aromatic carbocycles. The first kappa shape index (κ1) is 18.9. The van der Waals surface area contributed by atoms with Crippen LogP contribution in [-0.4, -0.2) is 55.5 Å². The standard InChI is InChI=1S/C24H23N7O/c1-15-14-32-10-9-31(15)24-19-12-16(21-6-8-27-30(21)2)3-4-20(19)28-23(29-24)18-11-17-5-7-25-22(17)26-13-18/h3-8,11-13,15H,9-10,14H2,1-2H3,(H,25,26)/t15-/m1/s1. The first-order valence-electron chi connectivity index (χ1n) is 10.8.